The number of aliphatic hydroxyl groups is 1. The van der Waals surface area contributed by atoms with Gasteiger partial charge in [0.05, 0.1) is 0 Å². The Balaban J connectivity index is 1.96. The van der Waals surface area contributed by atoms with E-state index in [1.54, 1.807) is 12.4 Å². The van der Waals surface area contributed by atoms with E-state index in [1.807, 2.05) is 66.7 Å². The van der Waals surface area contributed by atoms with Gasteiger partial charge in [0.2, 0.25) is 5.91 Å². The van der Waals surface area contributed by atoms with Crippen molar-refractivity contribution in [2.24, 2.45) is 11.7 Å². The highest BCUT2D eigenvalue weighted by Crippen LogP contribution is 2.43. The van der Waals surface area contributed by atoms with E-state index < -0.39 is 11.5 Å². The van der Waals surface area contributed by atoms with Crippen molar-refractivity contribution in [3.8, 4) is 0 Å². The van der Waals surface area contributed by atoms with Crippen LogP contribution in [0.25, 0.3) is 0 Å². The molecule has 3 rings (SSSR count). The number of Topliss-reactive ketones (excluding diaryl/α,β-unsaturated/α-hetero) is 1. The zero-order chi connectivity index (χ0) is 24.6. The van der Waals surface area contributed by atoms with Crippen molar-refractivity contribution in [3.05, 3.63) is 94.6 Å². The molecule has 1 aliphatic rings. The van der Waals surface area contributed by atoms with Crippen molar-refractivity contribution in [3.63, 3.8) is 0 Å². The second-order valence-electron chi connectivity index (χ2n) is 8.82. The predicted octanol–water partition coefficient (Wildman–Crippen LogP) is 4.17. The minimum atomic E-state index is -1.21. The molecule has 5 N–H and O–H groups in total. The van der Waals surface area contributed by atoms with E-state index in [2.05, 4.69) is 0 Å². The van der Waals surface area contributed by atoms with Crippen molar-refractivity contribution < 1.29 is 19.9 Å². The van der Waals surface area contributed by atoms with Crippen LogP contribution in [0.2, 0.25) is 0 Å². The molecule has 0 saturated carbocycles. The maximum absolute atomic E-state index is 12.5. The van der Waals surface area contributed by atoms with Crippen LogP contribution in [0.15, 0.2) is 83.5 Å². The number of rotatable bonds is 12. The van der Waals surface area contributed by atoms with Crippen LogP contribution in [0, 0.1) is 5.92 Å². The van der Waals surface area contributed by atoms with Crippen molar-refractivity contribution >= 4 is 11.7 Å². The fourth-order valence-corrected chi connectivity index (χ4v) is 4.86. The van der Waals surface area contributed by atoms with Crippen molar-refractivity contribution in [2.45, 2.75) is 51.0 Å². The maximum Gasteiger partial charge on any atom is 0.243 e. The lowest BCUT2D eigenvalue weighted by Gasteiger charge is -2.31. The largest absolute Gasteiger partial charge is 0.380 e. The van der Waals surface area contributed by atoms with E-state index in [4.69, 9.17) is 10.9 Å². The monoisotopic (exact) mass is 462 g/mol. The number of carbonyl (C=O) groups excluding carboxylic acids is 2. The number of allylic oxidation sites excluding steroid dienone is 4. The molecule has 0 saturated heterocycles. The average Bonchev–Trinajstić information content (AvgIpc) is 3.23. The predicted molar refractivity (Wildman–Crippen MR) is 132 cm³/mol. The first-order valence-corrected chi connectivity index (χ1v) is 11.8. The third kappa shape index (κ3) is 5.89. The lowest BCUT2D eigenvalue weighted by molar-refractivity contribution is -0.129. The molecule has 0 aromatic heterocycles. The SMILES string of the molecule is CC(=O)C1=CC(CCC(=O)NO)=C(CCC(O)(c2ccccc2)c2ccccc2)C1CCCN. The van der Waals surface area contributed by atoms with Gasteiger partial charge in [0, 0.05) is 17.9 Å². The zero-order valence-electron chi connectivity index (χ0n) is 19.7. The van der Waals surface area contributed by atoms with Crippen LogP contribution >= 0.6 is 0 Å². The van der Waals surface area contributed by atoms with Gasteiger partial charge in [-0.25, -0.2) is 5.48 Å². The van der Waals surface area contributed by atoms with E-state index >= 15 is 0 Å². The number of amides is 1. The number of nitrogens with two attached hydrogens (primary N) is 1. The average molecular weight is 463 g/mol. The Morgan fingerprint density at radius 2 is 1.59 bits per heavy atom. The van der Waals surface area contributed by atoms with Gasteiger partial charge in [-0.15, -0.1) is 0 Å². The summed E-state index contributed by atoms with van der Waals surface area (Å²) in [5.74, 6) is -0.549. The molecular formula is C28H34N2O4. The van der Waals surface area contributed by atoms with E-state index in [-0.39, 0.29) is 18.1 Å². The first kappa shape index (κ1) is 25.6. The van der Waals surface area contributed by atoms with Gasteiger partial charge in [-0.05, 0) is 62.3 Å². The Morgan fingerprint density at radius 1 is 1.00 bits per heavy atom. The summed E-state index contributed by atoms with van der Waals surface area (Å²) in [7, 11) is 0. The molecule has 1 atom stereocenters. The molecule has 6 nitrogen and oxygen atoms in total. The molecule has 1 amide bonds. The highest BCUT2D eigenvalue weighted by Gasteiger charge is 2.35. The molecule has 6 heteroatoms. The minimum Gasteiger partial charge on any atom is -0.380 e. The summed E-state index contributed by atoms with van der Waals surface area (Å²) in [6, 6.07) is 19.2. The highest BCUT2D eigenvalue weighted by atomic mass is 16.5. The van der Waals surface area contributed by atoms with Gasteiger partial charge in [-0.1, -0.05) is 72.3 Å². The molecule has 0 fully saturated rings. The van der Waals surface area contributed by atoms with Crippen LogP contribution in [-0.4, -0.2) is 28.5 Å². The van der Waals surface area contributed by atoms with Gasteiger partial charge in [-0.2, -0.15) is 0 Å². The smallest absolute Gasteiger partial charge is 0.243 e. The van der Waals surface area contributed by atoms with E-state index in [0.29, 0.717) is 25.8 Å². The van der Waals surface area contributed by atoms with Crippen molar-refractivity contribution in [1.29, 1.82) is 0 Å². The molecule has 0 spiro atoms. The summed E-state index contributed by atoms with van der Waals surface area (Å²) >= 11 is 0. The van der Waals surface area contributed by atoms with E-state index in [1.165, 1.54) is 0 Å². The van der Waals surface area contributed by atoms with Gasteiger partial charge in [0.15, 0.2) is 5.78 Å². The standard InChI is InChI=1S/C28H34N2O4/c1-20(31)26-19-21(14-15-27(32)30-34)24(25(26)13-8-18-29)16-17-28(33,22-9-4-2-5-10-22)23-11-6-3-7-12-23/h2-7,9-12,19,25,33-34H,8,13-18,29H2,1H3,(H,30,32). The van der Waals surface area contributed by atoms with Crippen molar-refractivity contribution in [1.82, 2.24) is 5.48 Å². The second kappa shape index (κ2) is 11.9. The normalized spacial score (nSPS) is 15.9. The first-order valence-electron chi connectivity index (χ1n) is 11.8. The molecule has 0 aliphatic heterocycles. The summed E-state index contributed by atoms with van der Waals surface area (Å²) in [5, 5.41) is 20.9. The second-order valence-corrected chi connectivity index (χ2v) is 8.82. The fourth-order valence-electron chi connectivity index (χ4n) is 4.86. The topological polar surface area (TPSA) is 113 Å². The van der Waals surface area contributed by atoms with Crippen LogP contribution in [0.5, 0.6) is 0 Å². The van der Waals surface area contributed by atoms with Gasteiger partial charge in [-0.3, -0.25) is 14.8 Å². The number of benzene rings is 2. The molecule has 0 bridgehead atoms. The van der Waals surface area contributed by atoms with Gasteiger partial charge < -0.3 is 10.8 Å². The zero-order valence-corrected chi connectivity index (χ0v) is 19.7. The summed E-state index contributed by atoms with van der Waals surface area (Å²) in [4.78, 5) is 24.2. The molecule has 2 aromatic rings. The highest BCUT2D eigenvalue weighted by molar-refractivity contribution is 5.96. The number of carbonyl (C=O) groups is 2. The first-order chi connectivity index (χ1) is 16.4. The number of hydrogen-bond acceptors (Lipinski definition) is 5. The quantitative estimate of drug-likeness (QED) is 0.279. The molecule has 0 heterocycles. The van der Waals surface area contributed by atoms with Crippen LogP contribution < -0.4 is 11.2 Å². The molecule has 1 aliphatic carbocycles. The number of hydroxylamine groups is 1. The van der Waals surface area contributed by atoms with Crippen LogP contribution in [0.1, 0.15) is 56.6 Å². The molecule has 2 aromatic carbocycles. The van der Waals surface area contributed by atoms with Crippen LogP contribution in [0.4, 0.5) is 0 Å². The lowest BCUT2D eigenvalue weighted by atomic mass is 9.78. The Kier molecular flexibility index (Phi) is 8.93. The summed E-state index contributed by atoms with van der Waals surface area (Å²) < 4.78 is 0. The Labute approximate surface area is 201 Å². The minimum absolute atomic E-state index is 0.00233. The Bertz CT molecular complexity index is 1010. The van der Waals surface area contributed by atoms with Crippen LogP contribution in [0.3, 0.4) is 0 Å². The summed E-state index contributed by atoms with van der Waals surface area (Å²) in [6.07, 6.45) is 4.90. The molecule has 1 unspecified atom stereocenters. The van der Waals surface area contributed by atoms with E-state index in [0.717, 1.165) is 40.7 Å². The third-order valence-corrected chi connectivity index (χ3v) is 6.65. The van der Waals surface area contributed by atoms with Crippen molar-refractivity contribution in [2.75, 3.05) is 6.54 Å². The summed E-state index contributed by atoms with van der Waals surface area (Å²) in [6.45, 7) is 2.09. The molecule has 0 radical (unpaired) electrons. The molecular weight excluding hydrogens is 428 g/mol. The molecule has 180 valence electrons. The summed E-state index contributed by atoms with van der Waals surface area (Å²) in [5.41, 5.74) is 10.6. The van der Waals surface area contributed by atoms with Gasteiger partial charge >= 0.3 is 0 Å². The van der Waals surface area contributed by atoms with Gasteiger partial charge in [0.1, 0.15) is 5.60 Å². The van der Waals surface area contributed by atoms with Crippen LogP contribution in [-0.2, 0) is 15.2 Å². The Morgan fingerprint density at radius 3 is 2.09 bits per heavy atom. The number of hydrogen-bond donors (Lipinski definition) is 4. The number of ketones is 1. The Hall–Kier alpha value is -3.06. The van der Waals surface area contributed by atoms with Gasteiger partial charge in [0.25, 0.3) is 0 Å². The lowest BCUT2D eigenvalue weighted by Crippen LogP contribution is -2.28. The fraction of sp³-hybridized carbons (Fsp3) is 0.357. The number of nitrogens with one attached hydrogen (secondary N) is 1. The molecule has 34 heavy (non-hydrogen) atoms. The third-order valence-electron chi connectivity index (χ3n) is 6.65. The maximum atomic E-state index is 12.5. The van der Waals surface area contributed by atoms with E-state index in [9.17, 15) is 14.7 Å².